The Bertz CT molecular complexity index is 848. The van der Waals surface area contributed by atoms with E-state index in [4.69, 9.17) is 4.84 Å². The highest BCUT2D eigenvalue weighted by Gasteiger charge is 2.46. The summed E-state index contributed by atoms with van der Waals surface area (Å²) in [7, 11) is 0. The first kappa shape index (κ1) is 23.9. The number of halogens is 6. The maximum atomic E-state index is 14.4. The monoisotopic (exact) mass is 441 g/mol. The number of anilines is 2. The molecule has 1 aromatic heterocycles. The molecule has 1 aliphatic rings. The molecule has 0 spiro atoms. The zero-order valence-electron chi connectivity index (χ0n) is 16.5. The predicted molar refractivity (Wildman–Crippen MR) is 95.9 cm³/mol. The van der Waals surface area contributed by atoms with Crippen LogP contribution in [0.15, 0.2) is 17.6 Å². The van der Waals surface area contributed by atoms with Crippen LogP contribution in [0.5, 0.6) is 0 Å². The summed E-state index contributed by atoms with van der Waals surface area (Å²) in [6.45, 7) is 6.10. The molecule has 1 unspecified atom stereocenters. The molecule has 3 N–H and O–H groups in total. The van der Waals surface area contributed by atoms with Gasteiger partial charge < -0.3 is 10.4 Å². The number of allylic oxidation sites excluding steroid dienone is 3. The van der Waals surface area contributed by atoms with E-state index in [-0.39, 0.29) is 5.95 Å². The first-order valence-electron chi connectivity index (χ1n) is 8.79. The van der Waals surface area contributed by atoms with Crippen LogP contribution in [0, 0.1) is 0 Å². The molecular formula is C17H21F6N5O2. The van der Waals surface area contributed by atoms with Crippen molar-refractivity contribution in [1.29, 1.82) is 0 Å². The maximum Gasteiger partial charge on any atom is 0.431 e. The fourth-order valence-corrected chi connectivity index (χ4v) is 2.36. The van der Waals surface area contributed by atoms with Gasteiger partial charge in [-0.25, -0.2) is 18.7 Å². The zero-order valence-corrected chi connectivity index (χ0v) is 16.5. The number of nitrogens with zero attached hydrogens (tertiary/aromatic N) is 3. The Kier molecular flexibility index (Phi) is 6.66. The fourth-order valence-electron chi connectivity index (χ4n) is 2.36. The summed E-state index contributed by atoms with van der Waals surface area (Å²) in [5.41, 5.74) is -0.105. The predicted octanol–water partition coefficient (Wildman–Crippen LogP) is 4.36. The van der Waals surface area contributed by atoms with Crippen LogP contribution in [0.25, 0.3) is 5.57 Å². The second-order valence-electron chi connectivity index (χ2n) is 7.44. The van der Waals surface area contributed by atoms with Gasteiger partial charge in [0.25, 0.3) is 11.9 Å². The average molecular weight is 441 g/mol. The molecule has 0 saturated carbocycles. The topological polar surface area (TPSA) is 92.2 Å². The molecule has 0 saturated heterocycles. The largest absolute Gasteiger partial charge is 0.431 e. The molecule has 0 aliphatic heterocycles. The molecule has 30 heavy (non-hydrogen) atoms. The molecule has 1 heterocycles. The van der Waals surface area contributed by atoms with E-state index >= 15 is 0 Å². The van der Waals surface area contributed by atoms with Crippen LogP contribution in [-0.4, -0.2) is 43.9 Å². The second kappa shape index (κ2) is 8.38. The molecule has 0 bridgehead atoms. The van der Waals surface area contributed by atoms with Gasteiger partial charge in [-0.3, -0.25) is 4.84 Å². The van der Waals surface area contributed by atoms with Gasteiger partial charge in [-0.2, -0.15) is 28.1 Å². The number of rotatable bonds is 5. The van der Waals surface area contributed by atoms with E-state index in [9.17, 15) is 31.4 Å². The number of aliphatic hydroxyl groups excluding tert-OH is 1. The van der Waals surface area contributed by atoms with E-state index in [1.54, 1.807) is 20.8 Å². The van der Waals surface area contributed by atoms with Gasteiger partial charge in [-0.05, 0) is 34.1 Å². The number of hydrogen-bond acceptors (Lipinski definition) is 7. The van der Waals surface area contributed by atoms with E-state index in [0.29, 0.717) is 0 Å². The molecule has 0 aromatic carbocycles. The van der Waals surface area contributed by atoms with E-state index in [0.717, 1.165) is 13.0 Å². The first-order valence-corrected chi connectivity index (χ1v) is 8.79. The van der Waals surface area contributed by atoms with Crippen LogP contribution in [-0.2, 0) is 4.84 Å². The van der Waals surface area contributed by atoms with E-state index in [2.05, 4.69) is 20.4 Å². The van der Waals surface area contributed by atoms with Gasteiger partial charge in [-0.1, -0.05) is 6.08 Å². The molecule has 2 rings (SSSR count). The summed E-state index contributed by atoms with van der Waals surface area (Å²) < 4.78 is 80.6. The van der Waals surface area contributed by atoms with E-state index < -0.39 is 65.5 Å². The van der Waals surface area contributed by atoms with Crippen LogP contribution in [0.3, 0.4) is 0 Å². The normalized spacial score (nSPS) is 20.4. The summed E-state index contributed by atoms with van der Waals surface area (Å²) in [6.07, 6.45) is -8.18. The van der Waals surface area contributed by atoms with Crippen LogP contribution in [0.4, 0.5) is 38.2 Å². The van der Waals surface area contributed by atoms with Crippen molar-refractivity contribution in [3.8, 4) is 0 Å². The van der Waals surface area contributed by atoms with Gasteiger partial charge in [0.05, 0.1) is 5.60 Å². The van der Waals surface area contributed by atoms with Crippen molar-refractivity contribution >= 4 is 17.5 Å². The molecule has 1 aliphatic carbocycles. The maximum absolute atomic E-state index is 14.4. The first-order chi connectivity index (χ1) is 13.6. The minimum absolute atomic E-state index is 0.387. The van der Waals surface area contributed by atoms with Gasteiger partial charge in [0, 0.05) is 12.0 Å². The summed E-state index contributed by atoms with van der Waals surface area (Å²) in [5.74, 6) is -6.78. The van der Waals surface area contributed by atoms with Crippen LogP contribution in [0.1, 0.15) is 46.4 Å². The minimum atomic E-state index is -4.76. The van der Waals surface area contributed by atoms with Crippen molar-refractivity contribution in [3.05, 3.63) is 23.4 Å². The number of aliphatic hydroxyl groups is 1. The number of hydrogen-bond donors (Lipinski definition) is 3. The van der Waals surface area contributed by atoms with E-state index in [1.807, 2.05) is 5.32 Å². The third kappa shape index (κ3) is 5.81. The molecule has 168 valence electrons. The van der Waals surface area contributed by atoms with Gasteiger partial charge in [0.2, 0.25) is 5.95 Å². The van der Waals surface area contributed by atoms with Gasteiger partial charge in [0.15, 0.2) is 11.9 Å². The fraction of sp³-hybridized carbons (Fsp3) is 0.588. The van der Waals surface area contributed by atoms with Gasteiger partial charge in [-0.15, -0.1) is 0 Å². The molecule has 1 aromatic rings. The lowest BCUT2D eigenvalue weighted by Gasteiger charge is -2.27. The molecule has 0 fully saturated rings. The number of aromatic nitrogens is 3. The quantitative estimate of drug-likeness (QED) is 0.462. The van der Waals surface area contributed by atoms with Crippen molar-refractivity contribution in [1.82, 2.24) is 15.0 Å². The second-order valence-corrected chi connectivity index (χ2v) is 7.44. The molecular weight excluding hydrogens is 420 g/mol. The Hall–Kier alpha value is -2.41. The van der Waals surface area contributed by atoms with Crippen LogP contribution >= 0.6 is 0 Å². The standard InChI is InChI=1S/C17H21F6N5O2/c1-5-9(17(21,22)23)24-13-25-12(26-14(27-13)28-30-15(2,3)4)8-6-7-16(19,20)11(29)10(8)18/h5,11,29H,6-7H2,1-4H3,(H2,24,25,26,27,28). The molecule has 0 amide bonds. The smallest absolute Gasteiger partial charge is 0.380 e. The Labute approximate surface area is 168 Å². The molecule has 13 heteroatoms. The highest BCUT2D eigenvalue weighted by molar-refractivity contribution is 5.66. The van der Waals surface area contributed by atoms with E-state index in [1.165, 1.54) is 0 Å². The Morgan fingerprint density at radius 2 is 1.77 bits per heavy atom. The number of nitrogens with one attached hydrogen (secondary N) is 2. The van der Waals surface area contributed by atoms with Crippen molar-refractivity contribution in [3.63, 3.8) is 0 Å². The summed E-state index contributed by atoms with van der Waals surface area (Å²) in [4.78, 5) is 16.5. The van der Waals surface area contributed by atoms with Crippen LogP contribution in [0.2, 0.25) is 0 Å². The average Bonchev–Trinajstić information content (AvgIpc) is 2.61. The Balaban J connectivity index is 2.50. The van der Waals surface area contributed by atoms with Crippen molar-refractivity contribution in [2.45, 2.75) is 64.3 Å². The summed E-state index contributed by atoms with van der Waals surface area (Å²) in [6, 6.07) is 0. The zero-order chi connectivity index (χ0) is 22.9. The lowest BCUT2D eigenvalue weighted by atomic mass is 9.92. The van der Waals surface area contributed by atoms with Crippen molar-refractivity contribution in [2.75, 3.05) is 10.8 Å². The van der Waals surface area contributed by atoms with Gasteiger partial charge in [0.1, 0.15) is 11.5 Å². The van der Waals surface area contributed by atoms with Gasteiger partial charge >= 0.3 is 6.18 Å². The third-order valence-electron chi connectivity index (χ3n) is 3.83. The number of alkyl halides is 5. The van der Waals surface area contributed by atoms with Crippen molar-refractivity contribution in [2.24, 2.45) is 0 Å². The Morgan fingerprint density at radius 1 is 1.17 bits per heavy atom. The molecule has 7 nitrogen and oxygen atoms in total. The SMILES string of the molecule is CC=C(Nc1nc(NOC(C)(C)C)nc(C2=C(F)C(O)C(F)(F)CC2)n1)C(F)(F)F. The highest BCUT2D eigenvalue weighted by atomic mass is 19.4. The highest BCUT2D eigenvalue weighted by Crippen LogP contribution is 2.41. The third-order valence-corrected chi connectivity index (χ3v) is 3.83. The lowest BCUT2D eigenvalue weighted by molar-refractivity contribution is -0.107. The lowest BCUT2D eigenvalue weighted by Crippen LogP contribution is -2.37. The minimum Gasteiger partial charge on any atom is -0.380 e. The van der Waals surface area contributed by atoms with Crippen LogP contribution < -0.4 is 10.8 Å². The molecule has 0 radical (unpaired) electrons. The summed E-state index contributed by atoms with van der Waals surface area (Å²) in [5, 5.41) is 11.5. The Morgan fingerprint density at radius 3 is 2.30 bits per heavy atom. The molecule has 1 atom stereocenters. The summed E-state index contributed by atoms with van der Waals surface area (Å²) >= 11 is 0. The van der Waals surface area contributed by atoms with Crippen molar-refractivity contribution < 1.29 is 36.3 Å².